The number of phenolic OH excluding ortho intramolecular Hbond substituents is 1. The SMILES string of the molecule is COc1cc(O[C@@H]2O[C@H](CO[C@@H]3O[C@H](CO)[C@@H](O)[C@H](O)[C@H]3O)[C@@H](O)[C@H](O)[C@H]2O)c2c(c1O)C(=O)c1cc(C)ccc1C2=O. The summed E-state index contributed by atoms with van der Waals surface area (Å²) in [6.45, 7) is 0.404. The standard InChI is InChI=1S/C28H32O15/c1-9-3-4-10-11(5-9)19(31)17-16(18(10)30)12(6-13(39-2)20(17)32)41-28-26(38)24(36)22(34)15(43-28)8-40-27-25(37)23(35)21(33)14(7-29)42-27/h3-6,14-15,21-29,32-38H,7-8H2,1-2H3/t14-,15-,21-,22-,23+,24+,25-,26-,27-,28-/m1/s1. The van der Waals surface area contributed by atoms with E-state index in [0.717, 1.165) is 6.07 Å². The van der Waals surface area contributed by atoms with Crippen LogP contribution in [0.15, 0.2) is 24.3 Å². The Morgan fingerprint density at radius 2 is 1.35 bits per heavy atom. The van der Waals surface area contributed by atoms with Crippen molar-refractivity contribution >= 4 is 11.6 Å². The fourth-order valence-electron chi connectivity index (χ4n) is 5.30. The van der Waals surface area contributed by atoms with Crippen LogP contribution in [0.25, 0.3) is 0 Å². The van der Waals surface area contributed by atoms with E-state index in [-0.39, 0.29) is 28.2 Å². The Morgan fingerprint density at radius 3 is 2.00 bits per heavy atom. The van der Waals surface area contributed by atoms with Gasteiger partial charge in [0.2, 0.25) is 6.29 Å². The summed E-state index contributed by atoms with van der Waals surface area (Å²) in [5, 5.41) is 82.1. The average molecular weight is 609 g/mol. The molecule has 3 aliphatic rings. The van der Waals surface area contributed by atoms with E-state index in [1.807, 2.05) is 0 Å². The molecule has 10 atom stereocenters. The van der Waals surface area contributed by atoms with E-state index in [4.69, 9.17) is 23.7 Å². The molecule has 0 aromatic heterocycles. The van der Waals surface area contributed by atoms with Crippen molar-refractivity contribution in [3.05, 3.63) is 52.1 Å². The van der Waals surface area contributed by atoms with E-state index in [1.165, 1.54) is 19.2 Å². The lowest BCUT2D eigenvalue weighted by molar-refractivity contribution is -0.323. The van der Waals surface area contributed by atoms with E-state index in [0.29, 0.717) is 5.56 Å². The number of hydrogen-bond acceptors (Lipinski definition) is 15. The Morgan fingerprint density at radius 1 is 0.744 bits per heavy atom. The smallest absolute Gasteiger partial charge is 0.229 e. The highest BCUT2D eigenvalue weighted by molar-refractivity contribution is 6.30. The van der Waals surface area contributed by atoms with Gasteiger partial charge in [-0.05, 0) is 13.0 Å². The number of ether oxygens (including phenoxy) is 5. The highest BCUT2D eigenvalue weighted by Gasteiger charge is 2.48. The van der Waals surface area contributed by atoms with Gasteiger partial charge in [-0.25, -0.2) is 0 Å². The van der Waals surface area contributed by atoms with Crippen LogP contribution in [-0.4, -0.2) is 134 Å². The first-order valence-corrected chi connectivity index (χ1v) is 13.3. The van der Waals surface area contributed by atoms with Gasteiger partial charge in [-0.2, -0.15) is 0 Å². The number of rotatable bonds is 7. The number of ketones is 2. The molecule has 0 unspecified atom stereocenters. The summed E-state index contributed by atoms with van der Waals surface area (Å²) >= 11 is 0. The predicted octanol–water partition coefficient (Wildman–Crippen LogP) is -2.51. The first-order chi connectivity index (χ1) is 20.4. The monoisotopic (exact) mass is 608 g/mol. The molecule has 0 radical (unpaired) electrons. The highest BCUT2D eigenvalue weighted by atomic mass is 16.7. The van der Waals surface area contributed by atoms with E-state index in [9.17, 15) is 50.4 Å². The zero-order valence-electron chi connectivity index (χ0n) is 22.9. The van der Waals surface area contributed by atoms with E-state index in [1.54, 1.807) is 13.0 Å². The van der Waals surface area contributed by atoms with Gasteiger partial charge in [0.15, 0.2) is 29.4 Å². The Labute approximate surface area is 244 Å². The van der Waals surface area contributed by atoms with Gasteiger partial charge in [-0.15, -0.1) is 0 Å². The lowest BCUT2D eigenvalue weighted by atomic mass is 9.82. The van der Waals surface area contributed by atoms with Gasteiger partial charge < -0.3 is 64.5 Å². The molecule has 2 heterocycles. The summed E-state index contributed by atoms with van der Waals surface area (Å²) in [6.07, 6.45) is -16.7. The molecule has 2 aliphatic heterocycles. The molecule has 15 nitrogen and oxygen atoms in total. The quantitative estimate of drug-likeness (QED) is 0.138. The summed E-state index contributed by atoms with van der Waals surface area (Å²) in [6, 6.07) is 5.69. The molecule has 0 spiro atoms. The van der Waals surface area contributed by atoms with Crippen LogP contribution in [0.3, 0.4) is 0 Å². The number of phenols is 1. The highest BCUT2D eigenvalue weighted by Crippen LogP contribution is 2.44. The van der Waals surface area contributed by atoms with Crippen LogP contribution in [0.4, 0.5) is 0 Å². The van der Waals surface area contributed by atoms with Crippen molar-refractivity contribution in [3.8, 4) is 17.2 Å². The third-order valence-electron chi connectivity index (χ3n) is 7.75. The second kappa shape index (κ2) is 12.0. The minimum Gasteiger partial charge on any atom is -0.504 e. The molecule has 2 aromatic carbocycles. The lowest BCUT2D eigenvalue weighted by Gasteiger charge is -2.42. The summed E-state index contributed by atoms with van der Waals surface area (Å²) in [5.41, 5.74) is 0.0651. The van der Waals surface area contributed by atoms with Gasteiger partial charge in [-0.3, -0.25) is 9.59 Å². The topological polar surface area (TPSA) is 242 Å². The molecule has 15 heteroatoms. The van der Waals surface area contributed by atoms with Crippen LogP contribution in [0.5, 0.6) is 17.2 Å². The van der Waals surface area contributed by atoms with E-state index < -0.39 is 97.5 Å². The van der Waals surface area contributed by atoms with Crippen molar-refractivity contribution in [2.45, 2.75) is 68.3 Å². The third kappa shape index (κ3) is 5.38. The summed E-state index contributed by atoms with van der Waals surface area (Å²) in [5.74, 6) is -2.54. The van der Waals surface area contributed by atoms with E-state index in [2.05, 4.69) is 0 Å². The fourth-order valence-corrected chi connectivity index (χ4v) is 5.30. The van der Waals surface area contributed by atoms with Crippen LogP contribution in [-0.2, 0) is 14.2 Å². The molecule has 234 valence electrons. The maximum absolute atomic E-state index is 13.6. The number of aryl methyl sites for hydroxylation is 1. The number of hydrogen-bond donors (Lipinski definition) is 8. The second-order valence-electron chi connectivity index (χ2n) is 10.5. The zero-order valence-corrected chi connectivity index (χ0v) is 22.9. The predicted molar refractivity (Wildman–Crippen MR) is 140 cm³/mol. The van der Waals surface area contributed by atoms with Crippen molar-refractivity contribution < 1.29 is 74.1 Å². The molecule has 0 bridgehead atoms. The van der Waals surface area contributed by atoms with Gasteiger partial charge in [0.25, 0.3) is 0 Å². The normalized spacial score (nSPS) is 34.0. The van der Waals surface area contributed by atoms with Crippen LogP contribution < -0.4 is 9.47 Å². The van der Waals surface area contributed by atoms with Crippen LogP contribution in [0.1, 0.15) is 37.4 Å². The Balaban J connectivity index is 1.42. The van der Waals surface area contributed by atoms with E-state index >= 15 is 0 Å². The molecule has 0 amide bonds. The maximum atomic E-state index is 13.6. The molecule has 5 rings (SSSR count). The molecule has 2 saturated heterocycles. The molecule has 2 fully saturated rings. The Bertz CT molecular complexity index is 1390. The van der Waals surface area contributed by atoms with Crippen LogP contribution in [0.2, 0.25) is 0 Å². The van der Waals surface area contributed by atoms with Gasteiger partial charge >= 0.3 is 0 Å². The molecule has 0 saturated carbocycles. The minimum atomic E-state index is -1.89. The van der Waals surface area contributed by atoms with Crippen molar-refractivity contribution in [2.24, 2.45) is 0 Å². The molecular formula is C28H32O15. The number of aliphatic hydroxyl groups is 7. The van der Waals surface area contributed by atoms with Gasteiger partial charge in [0.1, 0.15) is 54.6 Å². The van der Waals surface area contributed by atoms with Gasteiger partial charge in [0, 0.05) is 17.2 Å². The maximum Gasteiger partial charge on any atom is 0.229 e. The zero-order chi connectivity index (χ0) is 31.3. The molecular weight excluding hydrogens is 576 g/mol. The second-order valence-corrected chi connectivity index (χ2v) is 10.5. The number of fused-ring (bicyclic) bond motifs is 2. The summed E-state index contributed by atoms with van der Waals surface area (Å²) in [4.78, 5) is 27.0. The number of carbonyl (C=O) groups is 2. The first-order valence-electron chi connectivity index (χ1n) is 13.3. The number of carbonyl (C=O) groups excluding carboxylic acids is 2. The number of aromatic hydroxyl groups is 1. The third-order valence-corrected chi connectivity index (χ3v) is 7.75. The number of methoxy groups -OCH3 is 1. The van der Waals surface area contributed by atoms with Gasteiger partial charge in [-0.1, -0.05) is 17.7 Å². The summed E-state index contributed by atoms with van der Waals surface area (Å²) < 4.78 is 27.3. The lowest BCUT2D eigenvalue weighted by Crippen LogP contribution is -2.62. The van der Waals surface area contributed by atoms with Crippen molar-refractivity contribution in [1.29, 1.82) is 0 Å². The minimum absolute atomic E-state index is 0.0453. The van der Waals surface area contributed by atoms with Crippen molar-refractivity contribution in [1.82, 2.24) is 0 Å². The van der Waals surface area contributed by atoms with Crippen LogP contribution >= 0.6 is 0 Å². The Kier molecular flexibility index (Phi) is 8.75. The molecule has 2 aromatic rings. The largest absolute Gasteiger partial charge is 0.504 e. The molecule has 8 N–H and O–H groups in total. The average Bonchev–Trinajstić information content (AvgIpc) is 2.99. The first kappa shape index (κ1) is 31.2. The number of benzene rings is 2. The van der Waals surface area contributed by atoms with Crippen molar-refractivity contribution in [2.75, 3.05) is 20.3 Å². The van der Waals surface area contributed by atoms with Gasteiger partial charge in [0.05, 0.1) is 31.5 Å². The summed E-state index contributed by atoms with van der Waals surface area (Å²) in [7, 11) is 1.21. The fraction of sp³-hybridized carbons (Fsp3) is 0.500. The van der Waals surface area contributed by atoms with Crippen LogP contribution in [0, 0.1) is 6.92 Å². The molecule has 43 heavy (non-hydrogen) atoms. The Hall–Kier alpha value is -3.22. The molecule has 1 aliphatic carbocycles. The number of aliphatic hydroxyl groups excluding tert-OH is 7. The van der Waals surface area contributed by atoms with Crippen molar-refractivity contribution in [3.63, 3.8) is 0 Å².